The summed E-state index contributed by atoms with van der Waals surface area (Å²) in [4.78, 5) is 0. The Kier molecular flexibility index (Phi) is 5.07. The first-order valence-corrected chi connectivity index (χ1v) is 8.85. The average molecular weight is 354 g/mol. The first kappa shape index (κ1) is 15.2. The molecule has 1 heterocycles. The van der Waals surface area contributed by atoms with E-state index in [9.17, 15) is 0 Å². The molecule has 1 N–H and O–H groups in total. The summed E-state index contributed by atoms with van der Waals surface area (Å²) in [5.41, 5.74) is 1.24. The van der Waals surface area contributed by atoms with E-state index >= 15 is 0 Å². The lowest BCUT2D eigenvalue weighted by Crippen LogP contribution is -2.28. The van der Waals surface area contributed by atoms with Crippen molar-refractivity contribution in [2.45, 2.75) is 57.1 Å². The Hall–Kier alpha value is -0.740. The summed E-state index contributed by atoms with van der Waals surface area (Å²) in [6.07, 6.45) is 8.90. The van der Waals surface area contributed by atoms with Crippen LogP contribution in [0, 0.1) is 0 Å². The van der Waals surface area contributed by atoms with E-state index in [0.29, 0.717) is 12.1 Å². The number of hydrogen-bond acceptors (Lipinski definition) is 3. The van der Waals surface area contributed by atoms with E-state index in [-0.39, 0.29) is 0 Å². The van der Waals surface area contributed by atoms with Gasteiger partial charge in [0.15, 0.2) is 11.5 Å². The van der Waals surface area contributed by atoms with Crippen LogP contribution in [0.4, 0.5) is 0 Å². The number of hydrogen-bond donors (Lipinski definition) is 1. The molecule has 3 nitrogen and oxygen atoms in total. The molecule has 1 atom stereocenters. The van der Waals surface area contributed by atoms with Crippen molar-refractivity contribution in [2.24, 2.45) is 0 Å². The summed E-state index contributed by atoms with van der Waals surface area (Å²) in [6, 6.07) is 4.44. The van der Waals surface area contributed by atoms with Crippen molar-refractivity contribution in [1.29, 1.82) is 0 Å². The summed E-state index contributed by atoms with van der Waals surface area (Å²) in [6.45, 7) is 1.08. The molecule has 1 saturated heterocycles. The predicted molar refractivity (Wildman–Crippen MR) is 88.2 cm³/mol. The van der Waals surface area contributed by atoms with E-state index in [4.69, 9.17) is 9.47 Å². The topological polar surface area (TPSA) is 30.5 Å². The Morgan fingerprint density at radius 1 is 1.10 bits per heavy atom. The highest BCUT2D eigenvalue weighted by Gasteiger charge is 2.27. The van der Waals surface area contributed by atoms with Crippen LogP contribution in [0.15, 0.2) is 16.6 Å². The van der Waals surface area contributed by atoms with Gasteiger partial charge in [-0.3, -0.25) is 0 Å². The largest absolute Gasteiger partial charge is 0.493 e. The van der Waals surface area contributed by atoms with E-state index in [1.807, 2.05) is 6.07 Å². The summed E-state index contributed by atoms with van der Waals surface area (Å²) >= 11 is 3.72. The second-order valence-corrected chi connectivity index (χ2v) is 6.87. The third-order valence-electron chi connectivity index (χ3n) is 4.57. The molecule has 4 heteroatoms. The van der Waals surface area contributed by atoms with Crippen LogP contribution < -0.4 is 14.8 Å². The Bertz CT molecular complexity index is 480. The SMILES string of the molecule is COc1ccc(Br)c(C2CCCCN2)c1OC1CCCC1. The highest BCUT2D eigenvalue weighted by atomic mass is 79.9. The zero-order valence-electron chi connectivity index (χ0n) is 12.7. The third kappa shape index (κ3) is 3.37. The van der Waals surface area contributed by atoms with Gasteiger partial charge in [-0.25, -0.2) is 0 Å². The van der Waals surface area contributed by atoms with E-state index in [2.05, 4.69) is 27.3 Å². The predicted octanol–water partition coefficient (Wildman–Crippen LogP) is 4.59. The second-order valence-electron chi connectivity index (χ2n) is 6.02. The molecule has 0 aromatic heterocycles. The van der Waals surface area contributed by atoms with Gasteiger partial charge >= 0.3 is 0 Å². The van der Waals surface area contributed by atoms with Crippen LogP contribution in [-0.2, 0) is 0 Å². The second kappa shape index (κ2) is 7.01. The van der Waals surface area contributed by atoms with Gasteiger partial charge in [-0.05, 0) is 57.2 Å². The minimum Gasteiger partial charge on any atom is -0.493 e. The zero-order valence-corrected chi connectivity index (χ0v) is 14.2. The number of rotatable bonds is 4. The Morgan fingerprint density at radius 2 is 1.86 bits per heavy atom. The maximum Gasteiger partial charge on any atom is 0.167 e. The number of halogens is 1. The van der Waals surface area contributed by atoms with Crippen molar-refractivity contribution < 1.29 is 9.47 Å². The molecule has 1 aliphatic heterocycles. The van der Waals surface area contributed by atoms with Crippen LogP contribution in [0.5, 0.6) is 11.5 Å². The van der Waals surface area contributed by atoms with Crippen LogP contribution in [0.25, 0.3) is 0 Å². The summed E-state index contributed by atoms with van der Waals surface area (Å²) < 4.78 is 13.1. The Balaban J connectivity index is 1.94. The van der Waals surface area contributed by atoms with Crippen LogP contribution in [-0.4, -0.2) is 19.8 Å². The number of methoxy groups -OCH3 is 1. The van der Waals surface area contributed by atoms with Gasteiger partial charge < -0.3 is 14.8 Å². The molecule has 3 rings (SSSR count). The standard InChI is InChI=1S/C17H24BrNO2/c1-20-15-10-9-13(18)16(14-8-4-5-11-19-14)17(15)21-12-6-2-3-7-12/h9-10,12,14,19H,2-8,11H2,1H3. The highest BCUT2D eigenvalue weighted by molar-refractivity contribution is 9.10. The molecule has 1 saturated carbocycles. The van der Waals surface area contributed by atoms with Gasteiger partial charge in [-0.1, -0.05) is 22.4 Å². The van der Waals surface area contributed by atoms with E-state index in [1.165, 1.54) is 31.2 Å². The molecule has 0 spiro atoms. The summed E-state index contributed by atoms with van der Waals surface area (Å²) in [7, 11) is 1.73. The number of ether oxygens (including phenoxy) is 2. The van der Waals surface area contributed by atoms with Crippen molar-refractivity contribution in [2.75, 3.05) is 13.7 Å². The molecule has 116 valence electrons. The average Bonchev–Trinajstić information content (AvgIpc) is 3.02. The molecule has 0 radical (unpaired) electrons. The fraction of sp³-hybridized carbons (Fsp3) is 0.647. The first-order chi connectivity index (χ1) is 10.3. The van der Waals surface area contributed by atoms with Crippen molar-refractivity contribution in [3.63, 3.8) is 0 Å². The third-order valence-corrected chi connectivity index (χ3v) is 5.26. The van der Waals surface area contributed by atoms with Crippen LogP contribution in [0.1, 0.15) is 56.6 Å². The number of benzene rings is 1. The lowest BCUT2D eigenvalue weighted by Gasteiger charge is -2.28. The lowest BCUT2D eigenvalue weighted by molar-refractivity contribution is 0.195. The molecule has 1 unspecified atom stereocenters. The Labute approximate surface area is 135 Å². The zero-order chi connectivity index (χ0) is 14.7. The smallest absolute Gasteiger partial charge is 0.167 e. The van der Waals surface area contributed by atoms with E-state index < -0.39 is 0 Å². The molecule has 2 fully saturated rings. The molecule has 1 aliphatic carbocycles. The summed E-state index contributed by atoms with van der Waals surface area (Å²) in [5, 5.41) is 3.63. The minimum atomic E-state index is 0.343. The van der Waals surface area contributed by atoms with Crippen molar-refractivity contribution in [1.82, 2.24) is 5.32 Å². The van der Waals surface area contributed by atoms with Crippen LogP contribution in [0.2, 0.25) is 0 Å². The minimum absolute atomic E-state index is 0.343. The fourth-order valence-corrected chi connectivity index (χ4v) is 4.02. The van der Waals surface area contributed by atoms with Crippen molar-refractivity contribution in [3.05, 3.63) is 22.2 Å². The lowest BCUT2D eigenvalue weighted by atomic mass is 9.96. The van der Waals surface area contributed by atoms with E-state index in [0.717, 1.165) is 41.8 Å². The van der Waals surface area contributed by atoms with Crippen molar-refractivity contribution >= 4 is 15.9 Å². The molecular weight excluding hydrogens is 330 g/mol. The van der Waals surface area contributed by atoms with E-state index in [1.54, 1.807) is 7.11 Å². The highest BCUT2D eigenvalue weighted by Crippen LogP contribution is 2.43. The van der Waals surface area contributed by atoms with Crippen LogP contribution >= 0.6 is 15.9 Å². The molecule has 1 aromatic rings. The molecule has 2 aliphatic rings. The van der Waals surface area contributed by atoms with Gasteiger partial charge in [0.1, 0.15) is 0 Å². The molecule has 1 aromatic carbocycles. The van der Waals surface area contributed by atoms with Gasteiger partial charge in [0.25, 0.3) is 0 Å². The van der Waals surface area contributed by atoms with Gasteiger partial charge in [-0.15, -0.1) is 0 Å². The molecule has 21 heavy (non-hydrogen) atoms. The maximum absolute atomic E-state index is 6.37. The quantitative estimate of drug-likeness (QED) is 0.858. The van der Waals surface area contributed by atoms with Gasteiger partial charge in [0, 0.05) is 16.1 Å². The van der Waals surface area contributed by atoms with Gasteiger partial charge in [0.2, 0.25) is 0 Å². The summed E-state index contributed by atoms with van der Waals surface area (Å²) in [5.74, 6) is 1.80. The normalized spacial score (nSPS) is 23.2. The van der Waals surface area contributed by atoms with Crippen molar-refractivity contribution in [3.8, 4) is 11.5 Å². The molecule has 0 bridgehead atoms. The van der Waals surface area contributed by atoms with Gasteiger partial charge in [-0.2, -0.15) is 0 Å². The monoisotopic (exact) mass is 353 g/mol. The number of piperidine rings is 1. The molecule has 0 amide bonds. The Morgan fingerprint density at radius 3 is 2.52 bits per heavy atom. The first-order valence-electron chi connectivity index (χ1n) is 8.06. The van der Waals surface area contributed by atoms with Gasteiger partial charge in [0.05, 0.1) is 13.2 Å². The van der Waals surface area contributed by atoms with Crippen LogP contribution in [0.3, 0.4) is 0 Å². The maximum atomic E-state index is 6.37. The number of nitrogens with one attached hydrogen (secondary N) is 1. The molecular formula is C17H24BrNO2. The fourth-order valence-electron chi connectivity index (χ4n) is 3.43.